The number of rotatable bonds is 4. The van der Waals surface area contributed by atoms with Gasteiger partial charge in [0.2, 0.25) is 0 Å². The molecule has 0 unspecified atom stereocenters. The van der Waals surface area contributed by atoms with Gasteiger partial charge in [-0.2, -0.15) is 17.8 Å². The molecule has 0 spiro atoms. The van der Waals surface area contributed by atoms with Gasteiger partial charge >= 0.3 is 10.2 Å². The number of piperidine rings is 1. The van der Waals surface area contributed by atoms with Crippen molar-refractivity contribution in [1.82, 2.24) is 14.1 Å². The van der Waals surface area contributed by atoms with Crippen molar-refractivity contribution in [3.8, 4) is 0 Å². The summed E-state index contributed by atoms with van der Waals surface area (Å²) in [6, 6.07) is 1.61. The Morgan fingerprint density at radius 3 is 2.67 bits per heavy atom. The van der Waals surface area contributed by atoms with Gasteiger partial charge in [-0.1, -0.05) is 0 Å². The lowest BCUT2D eigenvalue weighted by molar-refractivity contribution is 0.170. The van der Waals surface area contributed by atoms with E-state index in [2.05, 4.69) is 9.82 Å². The van der Waals surface area contributed by atoms with Gasteiger partial charge in [0.15, 0.2) is 5.82 Å². The summed E-state index contributed by atoms with van der Waals surface area (Å²) in [5.41, 5.74) is 0. The van der Waals surface area contributed by atoms with Crippen LogP contribution in [0, 0.1) is 5.92 Å². The van der Waals surface area contributed by atoms with E-state index < -0.39 is 10.2 Å². The highest BCUT2D eigenvalue weighted by Gasteiger charge is 2.27. The van der Waals surface area contributed by atoms with Crippen LogP contribution in [0.4, 0.5) is 5.82 Å². The molecule has 0 aromatic carbocycles. The standard InChI is InChI=1S/C10H18N4O3S/c1-13-5-4-10(11-13)12-18(16,17)14-6-2-9(8-15)3-7-14/h4-5,9,15H,2-3,6-8H2,1H3,(H,11,12). The van der Waals surface area contributed by atoms with Crippen molar-refractivity contribution in [3.63, 3.8) is 0 Å². The van der Waals surface area contributed by atoms with Gasteiger partial charge in [-0.3, -0.25) is 9.40 Å². The maximum absolute atomic E-state index is 12.1. The zero-order valence-electron chi connectivity index (χ0n) is 10.3. The van der Waals surface area contributed by atoms with Gasteiger partial charge in [0, 0.05) is 39.0 Å². The Labute approximate surface area is 107 Å². The lowest BCUT2D eigenvalue weighted by Gasteiger charge is -2.29. The minimum atomic E-state index is -3.53. The first-order valence-electron chi connectivity index (χ1n) is 5.89. The van der Waals surface area contributed by atoms with Crippen LogP contribution in [0.15, 0.2) is 12.3 Å². The van der Waals surface area contributed by atoms with Crippen LogP contribution in [0.1, 0.15) is 12.8 Å². The summed E-state index contributed by atoms with van der Waals surface area (Å²) in [5, 5.41) is 13.0. The molecule has 102 valence electrons. The van der Waals surface area contributed by atoms with Gasteiger partial charge in [-0.15, -0.1) is 0 Å². The van der Waals surface area contributed by atoms with Gasteiger partial charge in [-0.25, -0.2) is 0 Å². The molecule has 2 rings (SSSR count). The van der Waals surface area contributed by atoms with Crippen LogP contribution in [-0.4, -0.2) is 47.3 Å². The highest BCUT2D eigenvalue weighted by atomic mass is 32.2. The minimum absolute atomic E-state index is 0.127. The summed E-state index contributed by atoms with van der Waals surface area (Å²) < 4.78 is 29.5. The molecule has 0 amide bonds. The number of aromatic nitrogens is 2. The van der Waals surface area contributed by atoms with Crippen LogP contribution in [0.2, 0.25) is 0 Å². The van der Waals surface area contributed by atoms with Crippen molar-refractivity contribution in [1.29, 1.82) is 0 Å². The van der Waals surface area contributed by atoms with Crippen LogP contribution in [0.3, 0.4) is 0 Å². The van der Waals surface area contributed by atoms with Crippen molar-refractivity contribution in [2.75, 3.05) is 24.4 Å². The predicted molar refractivity (Wildman–Crippen MR) is 67.1 cm³/mol. The predicted octanol–water partition coefficient (Wildman–Crippen LogP) is -0.219. The molecule has 8 heteroatoms. The van der Waals surface area contributed by atoms with Crippen molar-refractivity contribution >= 4 is 16.0 Å². The van der Waals surface area contributed by atoms with Crippen LogP contribution in [-0.2, 0) is 17.3 Å². The summed E-state index contributed by atoms with van der Waals surface area (Å²) in [7, 11) is -1.80. The molecular weight excluding hydrogens is 256 g/mol. The van der Waals surface area contributed by atoms with Crippen LogP contribution in [0.5, 0.6) is 0 Å². The van der Waals surface area contributed by atoms with Gasteiger partial charge in [0.25, 0.3) is 0 Å². The second kappa shape index (κ2) is 5.25. The summed E-state index contributed by atoms with van der Waals surface area (Å²) in [4.78, 5) is 0. The Kier molecular flexibility index (Phi) is 3.88. The molecule has 18 heavy (non-hydrogen) atoms. The number of aliphatic hydroxyl groups excluding tert-OH is 1. The lowest BCUT2D eigenvalue weighted by atomic mass is 10.00. The number of aliphatic hydroxyl groups is 1. The molecule has 0 radical (unpaired) electrons. The second-order valence-electron chi connectivity index (χ2n) is 4.51. The monoisotopic (exact) mass is 274 g/mol. The molecule has 1 saturated heterocycles. The van der Waals surface area contributed by atoms with E-state index in [0.717, 1.165) is 0 Å². The minimum Gasteiger partial charge on any atom is -0.396 e. The molecule has 1 aliphatic rings. The molecule has 0 saturated carbocycles. The zero-order valence-corrected chi connectivity index (χ0v) is 11.1. The number of hydrogen-bond donors (Lipinski definition) is 2. The van der Waals surface area contributed by atoms with E-state index in [1.807, 2.05) is 0 Å². The Morgan fingerprint density at radius 2 is 2.17 bits per heavy atom. The fourth-order valence-corrected chi connectivity index (χ4v) is 3.19. The van der Waals surface area contributed by atoms with E-state index in [-0.39, 0.29) is 12.5 Å². The van der Waals surface area contributed by atoms with Gasteiger partial charge < -0.3 is 5.11 Å². The SMILES string of the molecule is Cn1ccc(NS(=O)(=O)N2CCC(CO)CC2)n1. The molecule has 2 N–H and O–H groups in total. The second-order valence-corrected chi connectivity index (χ2v) is 6.18. The average molecular weight is 274 g/mol. The number of nitrogens with one attached hydrogen (secondary N) is 1. The quantitative estimate of drug-likeness (QED) is 0.794. The molecule has 1 aromatic rings. The van der Waals surface area contributed by atoms with Crippen molar-refractivity contribution in [3.05, 3.63) is 12.3 Å². The number of anilines is 1. The van der Waals surface area contributed by atoms with Crippen LogP contribution in [0.25, 0.3) is 0 Å². The van der Waals surface area contributed by atoms with Gasteiger partial charge in [-0.05, 0) is 18.8 Å². The molecule has 2 heterocycles. The topological polar surface area (TPSA) is 87.5 Å². The fraction of sp³-hybridized carbons (Fsp3) is 0.700. The highest BCUT2D eigenvalue weighted by molar-refractivity contribution is 7.90. The maximum atomic E-state index is 12.1. The van der Waals surface area contributed by atoms with E-state index in [1.165, 1.54) is 8.99 Å². The Bertz CT molecular complexity index is 491. The van der Waals surface area contributed by atoms with E-state index in [4.69, 9.17) is 5.11 Å². The number of nitrogens with zero attached hydrogens (tertiary/aromatic N) is 3. The zero-order chi connectivity index (χ0) is 13.2. The normalized spacial score (nSPS) is 19.0. The molecule has 1 aliphatic heterocycles. The average Bonchev–Trinajstić information content (AvgIpc) is 2.74. The molecule has 1 fully saturated rings. The van der Waals surface area contributed by atoms with Gasteiger partial charge in [0.05, 0.1) is 0 Å². The molecule has 0 atom stereocenters. The Balaban J connectivity index is 1.99. The highest BCUT2D eigenvalue weighted by Crippen LogP contribution is 2.19. The number of aryl methyl sites for hydroxylation is 1. The number of hydrogen-bond acceptors (Lipinski definition) is 4. The summed E-state index contributed by atoms with van der Waals surface area (Å²) in [6.45, 7) is 1.00. The van der Waals surface area contributed by atoms with Crippen LogP contribution < -0.4 is 4.72 Å². The molecule has 0 bridgehead atoms. The fourth-order valence-electron chi connectivity index (χ4n) is 2.00. The van der Waals surface area contributed by atoms with E-state index >= 15 is 0 Å². The van der Waals surface area contributed by atoms with E-state index in [1.54, 1.807) is 19.3 Å². The summed E-state index contributed by atoms with van der Waals surface area (Å²) in [6.07, 6.45) is 3.06. The first kappa shape index (κ1) is 13.3. The van der Waals surface area contributed by atoms with E-state index in [0.29, 0.717) is 31.7 Å². The van der Waals surface area contributed by atoms with Crippen molar-refractivity contribution in [2.45, 2.75) is 12.8 Å². The first-order chi connectivity index (χ1) is 8.51. The van der Waals surface area contributed by atoms with Crippen molar-refractivity contribution < 1.29 is 13.5 Å². The molecule has 1 aromatic heterocycles. The molecular formula is C10H18N4O3S. The largest absolute Gasteiger partial charge is 0.396 e. The summed E-state index contributed by atoms with van der Waals surface area (Å²) >= 11 is 0. The van der Waals surface area contributed by atoms with Crippen molar-refractivity contribution in [2.24, 2.45) is 13.0 Å². The molecule has 0 aliphatic carbocycles. The van der Waals surface area contributed by atoms with Gasteiger partial charge in [0.1, 0.15) is 0 Å². The Hall–Kier alpha value is -1.12. The lowest BCUT2D eigenvalue weighted by Crippen LogP contribution is -2.42. The van der Waals surface area contributed by atoms with Crippen LogP contribution >= 0.6 is 0 Å². The van der Waals surface area contributed by atoms with E-state index in [9.17, 15) is 8.42 Å². The third kappa shape index (κ3) is 3.01. The Morgan fingerprint density at radius 1 is 1.50 bits per heavy atom. The summed E-state index contributed by atoms with van der Waals surface area (Å²) in [5.74, 6) is 0.535. The maximum Gasteiger partial charge on any atom is 0.302 e. The molecule has 7 nitrogen and oxygen atoms in total. The third-order valence-electron chi connectivity index (χ3n) is 3.12. The first-order valence-corrected chi connectivity index (χ1v) is 7.33. The third-order valence-corrected chi connectivity index (χ3v) is 4.63. The smallest absolute Gasteiger partial charge is 0.302 e.